The summed E-state index contributed by atoms with van der Waals surface area (Å²) in [4.78, 5) is 23.3. The topological polar surface area (TPSA) is 70.6 Å². The molecule has 2 rings (SSSR count). The SMILES string of the molecule is O=C(N/N=C\c1ccc(F)cc1)C(=O)Nc1cc(Cl)ccc1Cl. The fraction of sp³-hybridized carbons (Fsp3) is 0. The zero-order valence-corrected chi connectivity index (χ0v) is 13.0. The quantitative estimate of drug-likeness (QED) is 0.505. The summed E-state index contributed by atoms with van der Waals surface area (Å²) in [7, 11) is 0. The van der Waals surface area contributed by atoms with E-state index in [-0.39, 0.29) is 16.5 Å². The van der Waals surface area contributed by atoms with Crippen molar-refractivity contribution in [2.75, 3.05) is 5.32 Å². The lowest BCUT2D eigenvalue weighted by molar-refractivity contribution is -0.136. The monoisotopic (exact) mass is 353 g/mol. The first-order valence-electron chi connectivity index (χ1n) is 6.31. The first kappa shape index (κ1) is 16.9. The highest BCUT2D eigenvalue weighted by atomic mass is 35.5. The molecule has 0 saturated carbocycles. The van der Waals surface area contributed by atoms with Crippen LogP contribution in [0.25, 0.3) is 0 Å². The smallest absolute Gasteiger partial charge is 0.316 e. The lowest BCUT2D eigenvalue weighted by Gasteiger charge is -2.06. The lowest BCUT2D eigenvalue weighted by Crippen LogP contribution is -2.32. The molecule has 2 aromatic carbocycles. The predicted molar refractivity (Wildman–Crippen MR) is 87.2 cm³/mol. The summed E-state index contributed by atoms with van der Waals surface area (Å²) in [6.07, 6.45) is 1.27. The second-order valence-corrected chi connectivity index (χ2v) is 5.17. The van der Waals surface area contributed by atoms with Crippen molar-refractivity contribution in [2.45, 2.75) is 0 Å². The number of rotatable bonds is 3. The van der Waals surface area contributed by atoms with Gasteiger partial charge in [0.2, 0.25) is 0 Å². The molecule has 118 valence electrons. The minimum Gasteiger partial charge on any atom is -0.316 e. The molecule has 8 heteroatoms. The summed E-state index contributed by atoms with van der Waals surface area (Å²) >= 11 is 11.7. The van der Waals surface area contributed by atoms with Crippen LogP contribution < -0.4 is 10.7 Å². The number of hydrogen-bond acceptors (Lipinski definition) is 3. The maximum Gasteiger partial charge on any atom is 0.329 e. The van der Waals surface area contributed by atoms with E-state index in [9.17, 15) is 14.0 Å². The van der Waals surface area contributed by atoms with E-state index in [1.165, 1.54) is 42.6 Å². The molecule has 0 spiro atoms. The van der Waals surface area contributed by atoms with Gasteiger partial charge in [-0.3, -0.25) is 9.59 Å². The molecule has 0 aromatic heterocycles. The van der Waals surface area contributed by atoms with E-state index >= 15 is 0 Å². The number of benzene rings is 2. The standard InChI is InChI=1S/C15H10Cl2FN3O2/c16-10-3-6-12(17)13(7-10)20-14(22)15(23)21-19-8-9-1-4-11(18)5-2-9/h1-8H,(H,20,22)(H,21,23)/b19-8-. The van der Waals surface area contributed by atoms with Crippen molar-refractivity contribution >= 4 is 46.9 Å². The fourth-order valence-corrected chi connectivity index (χ4v) is 1.87. The van der Waals surface area contributed by atoms with Crippen LogP contribution in [0, 0.1) is 5.82 Å². The van der Waals surface area contributed by atoms with E-state index in [1.54, 1.807) is 6.07 Å². The first-order valence-corrected chi connectivity index (χ1v) is 7.06. The zero-order chi connectivity index (χ0) is 16.8. The van der Waals surface area contributed by atoms with Gasteiger partial charge in [-0.1, -0.05) is 35.3 Å². The number of anilines is 1. The minimum absolute atomic E-state index is 0.210. The predicted octanol–water partition coefficient (Wildman–Crippen LogP) is 3.22. The van der Waals surface area contributed by atoms with Gasteiger partial charge in [0, 0.05) is 5.02 Å². The highest BCUT2D eigenvalue weighted by molar-refractivity contribution is 6.42. The van der Waals surface area contributed by atoms with Crippen LogP contribution >= 0.6 is 23.2 Å². The van der Waals surface area contributed by atoms with Gasteiger partial charge >= 0.3 is 11.8 Å². The molecular formula is C15H10Cl2FN3O2. The molecule has 0 saturated heterocycles. The number of amides is 2. The van der Waals surface area contributed by atoms with Gasteiger partial charge in [0.1, 0.15) is 5.82 Å². The number of nitrogens with one attached hydrogen (secondary N) is 2. The van der Waals surface area contributed by atoms with Gasteiger partial charge in [0.05, 0.1) is 16.9 Å². The molecule has 23 heavy (non-hydrogen) atoms. The number of nitrogens with zero attached hydrogens (tertiary/aromatic N) is 1. The molecule has 0 aliphatic heterocycles. The Morgan fingerprint density at radius 2 is 1.74 bits per heavy atom. The van der Waals surface area contributed by atoms with Crippen molar-refractivity contribution < 1.29 is 14.0 Å². The molecule has 0 heterocycles. The average Bonchev–Trinajstić information content (AvgIpc) is 2.52. The summed E-state index contributed by atoms with van der Waals surface area (Å²) in [5.41, 5.74) is 2.82. The number of halogens is 3. The highest BCUT2D eigenvalue weighted by Gasteiger charge is 2.14. The van der Waals surface area contributed by atoms with Gasteiger partial charge in [-0.25, -0.2) is 9.82 Å². The second-order valence-electron chi connectivity index (χ2n) is 4.33. The van der Waals surface area contributed by atoms with Crippen LogP contribution in [-0.4, -0.2) is 18.0 Å². The van der Waals surface area contributed by atoms with Crippen molar-refractivity contribution in [3.63, 3.8) is 0 Å². The van der Waals surface area contributed by atoms with Crippen LogP contribution in [0.1, 0.15) is 5.56 Å². The molecule has 0 unspecified atom stereocenters. The Hall–Kier alpha value is -2.44. The highest BCUT2D eigenvalue weighted by Crippen LogP contribution is 2.25. The summed E-state index contributed by atoms with van der Waals surface area (Å²) in [5.74, 6) is -2.33. The van der Waals surface area contributed by atoms with E-state index in [0.29, 0.717) is 10.6 Å². The van der Waals surface area contributed by atoms with Crippen molar-refractivity contribution in [1.82, 2.24) is 5.43 Å². The Kier molecular flexibility index (Phi) is 5.67. The van der Waals surface area contributed by atoms with Gasteiger partial charge in [-0.15, -0.1) is 0 Å². The number of carbonyl (C=O) groups is 2. The number of hydrogen-bond donors (Lipinski definition) is 2. The molecule has 2 N–H and O–H groups in total. The van der Waals surface area contributed by atoms with E-state index in [4.69, 9.17) is 23.2 Å². The molecule has 0 fully saturated rings. The van der Waals surface area contributed by atoms with Crippen molar-refractivity contribution in [3.8, 4) is 0 Å². The molecule has 0 atom stereocenters. The third-order valence-corrected chi connectivity index (χ3v) is 3.20. The van der Waals surface area contributed by atoms with Crippen LogP contribution in [0.4, 0.5) is 10.1 Å². The number of carbonyl (C=O) groups excluding carboxylic acids is 2. The summed E-state index contributed by atoms with van der Waals surface area (Å²) in [5, 5.41) is 6.52. The van der Waals surface area contributed by atoms with Gasteiger partial charge in [-0.05, 0) is 35.9 Å². The van der Waals surface area contributed by atoms with E-state index in [0.717, 1.165) is 0 Å². The maximum absolute atomic E-state index is 12.7. The van der Waals surface area contributed by atoms with Crippen molar-refractivity contribution in [3.05, 3.63) is 63.9 Å². The number of hydrazone groups is 1. The Balaban J connectivity index is 1.93. The fourth-order valence-electron chi connectivity index (χ4n) is 1.54. The minimum atomic E-state index is -0.987. The van der Waals surface area contributed by atoms with Crippen LogP contribution in [0.15, 0.2) is 47.6 Å². The van der Waals surface area contributed by atoms with Crippen LogP contribution in [0.2, 0.25) is 10.0 Å². The molecule has 0 aliphatic rings. The normalized spacial score (nSPS) is 10.6. The molecule has 5 nitrogen and oxygen atoms in total. The van der Waals surface area contributed by atoms with Crippen molar-refractivity contribution in [1.29, 1.82) is 0 Å². The van der Waals surface area contributed by atoms with E-state index in [2.05, 4.69) is 10.4 Å². The summed E-state index contributed by atoms with van der Waals surface area (Å²) in [6, 6.07) is 9.88. The zero-order valence-electron chi connectivity index (χ0n) is 11.5. The van der Waals surface area contributed by atoms with Gasteiger partial charge in [0.15, 0.2) is 0 Å². The molecule has 2 amide bonds. The molecule has 0 aliphatic carbocycles. The molecule has 0 radical (unpaired) electrons. The van der Waals surface area contributed by atoms with Gasteiger partial charge in [-0.2, -0.15) is 5.10 Å². The molecule has 2 aromatic rings. The average molecular weight is 354 g/mol. The lowest BCUT2D eigenvalue weighted by atomic mass is 10.2. The Morgan fingerprint density at radius 1 is 1.04 bits per heavy atom. The third-order valence-electron chi connectivity index (χ3n) is 2.63. The molecular weight excluding hydrogens is 344 g/mol. The largest absolute Gasteiger partial charge is 0.329 e. The third kappa shape index (κ3) is 5.05. The van der Waals surface area contributed by atoms with Gasteiger partial charge in [0.25, 0.3) is 0 Å². The van der Waals surface area contributed by atoms with Crippen LogP contribution in [-0.2, 0) is 9.59 Å². The van der Waals surface area contributed by atoms with Crippen molar-refractivity contribution in [2.24, 2.45) is 5.10 Å². The maximum atomic E-state index is 12.7. The Labute approximate surface area is 141 Å². The first-order chi connectivity index (χ1) is 11.0. The Bertz CT molecular complexity index is 764. The van der Waals surface area contributed by atoms with Crippen LogP contribution in [0.5, 0.6) is 0 Å². The Morgan fingerprint density at radius 3 is 2.43 bits per heavy atom. The summed E-state index contributed by atoms with van der Waals surface area (Å²) < 4.78 is 12.7. The van der Waals surface area contributed by atoms with Gasteiger partial charge < -0.3 is 5.32 Å². The van der Waals surface area contributed by atoms with Crippen LogP contribution in [0.3, 0.4) is 0 Å². The summed E-state index contributed by atoms with van der Waals surface area (Å²) in [6.45, 7) is 0. The molecule has 0 bridgehead atoms. The van der Waals surface area contributed by atoms with E-state index in [1.807, 2.05) is 5.43 Å². The second kappa shape index (κ2) is 7.71. The van der Waals surface area contributed by atoms with E-state index < -0.39 is 11.8 Å².